The molecule has 0 saturated heterocycles. The van der Waals surface area contributed by atoms with Gasteiger partial charge in [-0.15, -0.1) is 0 Å². The number of carbonyl (C=O) groups is 1. The largest absolute Gasteiger partial charge is 0.497 e. The van der Waals surface area contributed by atoms with Gasteiger partial charge in [0.25, 0.3) is 0 Å². The Balaban J connectivity index is 1.95. The number of ether oxygens (including phenoxy) is 1. The van der Waals surface area contributed by atoms with E-state index in [1.165, 1.54) is 11.6 Å². The van der Waals surface area contributed by atoms with Crippen molar-refractivity contribution in [2.75, 3.05) is 12.4 Å². The van der Waals surface area contributed by atoms with Gasteiger partial charge in [0, 0.05) is 11.8 Å². The van der Waals surface area contributed by atoms with Crippen molar-refractivity contribution in [2.24, 2.45) is 0 Å². The summed E-state index contributed by atoms with van der Waals surface area (Å²) >= 11 is 0. The normalized spacial score (nSPS) is 11.5. The van der Waals surface area contributed by atoms with Crippen LogP contribution in [0.3, 0.4) is 0 Å². The van der Waals surface area contributed by atoms with Crippen LogP contribution in [0.1, 0.15) is 18.1 Å². The Kier molecular flexibility index (Phi) is 5.75. The van der Waals surface area contributed by atoms with Crippen LogP contribution in [0.2, 0.25) is 0 Å². The number of amides is 1. The molecule has 0 aliphatic heterocycles. The van der Waals surface area contributed by atoms with Gasteiger partial charge in [0.1, 0.15) is 5.75 Å². The van der Waals surface area contributed by atoms with Crippen LogP contribution in [0.15, 0.2) is 66.3 Å². The standard InChI is InChI=1S/C20H21NO2/c1-15-4-7-17(8-5-15)14-16(2)6-13-20(22)21-18-9-11-19(23-3)12-10-18/h4-14H,1-3H3,(H,21,22)/b13-6+,16-14+. The second-order valence-electron chi connectivity index (χ2n) is 5.35. The van der Waals surface area contributed by atoms with Gasteiger partial charge >= 0.3 is 0 Å². The van der Waals surface area contributed by atoms with Crippen molar-refractivity contribution < 1.29 is 9.53 Å². The maximum atomic E-state index is 11.9. The molecular weight excluding hydrogens is 286 g/mol. The first-order chi connectivity index (χ1) is 11.1. The molecule has 0 aliphatic rings. The number of aryl methyl sites for hydroxylation is 1. The van der Waals surface area contributed by atoms with E-state index < -0.39 is 0 Å². The highest BCUT2D eigenvalue weighted by atomic mass is 16.5. The van der Waals surface area contributed by atoms with Crippen molar-refractivity contribution in [1.82, 2.24) is 0 Å². The zero-order valence-corrected chi connectivity index (χ0v) is 13.7. The Hall–Kier alpha value is -2.81. The van der Waals surface area contributed by atoms with Crippen LogP contribution in [0.4, 0.5) is 5.69 Å². The highest BCUT2D eigenvalue weighted by Crippen LogP contribution is 2.15. The van der Waals surface area contributed by atoms with E-state index in [9.17, 15) is 4.79 Å². The van der Waals surface area contributed by atoms with Gasteiger partial charge in [0.2, 0.25) is 5.91 Å². The van der Waals surface area contributed by atoms with Crippen molar-refractivity contribution in [3.05, 3.63) is 77.4 Å². The first kappa shape index (κ1) is 16.6. The lowest BCUT2D eigenvalue weighted by molar-refractivity contribution is -0.111. The fraction of sp³-hybridized carbons (Fsp3) is 0.150. The van der Waals surface area contributed by atoms with E-state index in [0.717, 1.165) is 22.6 Å². The molecule has 1 amide bonds. The smallest absolute Gasteiger partial charge is 0.248 e. The molecule has 3 nitrogen and oxygen atoms in total. The molecule has 0 aromatic heterocycles. The van der Waals surface area contributed by atoms with Crippen molar-refractivity contribution in [3.8, 4) is 5.75 Å². The zero-order valence-electron chi connectivity index (χ0n) is 13.7. The van der Waals surface area contributed by atoms with Crippen LogP contribution in [0.5, 0.6) is 5.75 Å². The summed E-state index contributed by atoms with van der Waals surface area (Å²) in [5, 5.41) is 2.81. The van der Waals surface area contributed by atoms with Gasteiger partial charge in [-0.3, -0.25) is 4.79 Å². The zero-order chi connectivity index (χ0) is 16.7. The Morgan fingerprint density at radius 2 is 1.65 bits per heavy atom. The number of hydrogen-bond donors (Lipinski definition) is 1. The summed E-state index contributed by atoms with van der Waals surface area (Å²) in [6, 6.07) is 15.5. The molecule has 2 rings (SSSR count). The fourth-order valence-corrected chi connectivity index (χ4v) is 2.04. The average molecular weight is 307 g/mol. The summed E-state index contributed by atoms with van der Waals surface area (Å²) in [4.78, 5) is 11.9. The number of hydrogen-bond acceptors (Lipinski definition) is 2. The maximum Gasteiger partial charge on any atom is 0.248 e. The molecule has 0 saturated carbocycles. The molecule has 0 spiro atoms. The molecular formula is C20H21NO2. The van der Waals surface area contributed by atoms with Crippen LogP contribution in [0.25, 0.3) is 6.08 Å². The second kappa shape index (κ2) is 7.99. The number of allylic oxidation sites excluding steroid dienone is 2. The van der Waals surface area contributed by atoms with Crippen molar-refractivity contribution in [2.45, 2.75) is 13.8 Å². The Bertz CT molecular complexity index is 710. The molecule has 2 aromatic rings. The molecule has 0 unspecified atom stereocenters. The number of carbonyl (C=O) groups excluding carboxylic acids is 1. The summed E-state index contributed by atoms with van der Waals surface area (Å²) in [6.45, 7) is 4.03. The molecule has 118 valence electrons. The fourth-order valence-electron chi connectivity index (χ4n) is 2.04. The van der Waals surface area contributed by atoms with Crippen LogP contribution >= 0.6 is 0 Å². The minimum Gasteiger partial charge on any atom is -0.497 e. The van der Waals surface area contributed by atoms with Crippen molar-refractivity contribution in [1.29, 1.82) is 0 Å². The van der Waals surface area contributed by atoms with E-state index in [1.807, 2.05) is 25.1 Å². The Morgan fingerprint density at radius 1 is 1.00 bits per heavy atom. The second-order valence-corrected chi connectivity index (χ2v) is 5.35. The van der Waals surface area contributed by atoms with Crippen LogP contribution in [0, 0.1) is 6.92 Å². The van der Waals surface area contributed by atoms with Gasteiger partial charge in [0.05, 0.1) is 7.11 Å². The van der Waals surface area contributed by atoms with Crippen LogP contribution in [-0.4, -0.2) is 13.0 Å². The minimum atomic E-state index is -0.160. The molecule has 23 heavy (non-hydrogen) atoms. The molecule has 2 aromatic carbocycles. The Morgan fingerprint density at radius 3 is 2.26 bits per heavy atom. The predicted molar refractivity (Wildman–Crippen MR) is 95.6 cm³/mol. The quantitative estimate of drug-likeness (QED) is 0.647. The lowest BCUT2D eigenvalue weighted by Gasteiger charge is -2.03. The van der Waals surface area contributed by atoms with E-state index in [0.29, 0.717) is 0 Å². The number of benzene rings is 2. The monoisotopic (exact) mass is 307 g/mol. The third-order valence-electron chi connectivity index (χ3n) is 3.33. The molecule has 0 aliphatic carbocycles. The molecule has 0 heterocycles. The summed E-state index contributed by atoms with van der Waals surface area (Å²) in [6.07, 6.45) is 5.37. The third kappa shape index (κ3) is 5.47. The van der Waals surface area contributed by atoms with Crippen LogP contribution < -0.4 is 10.1 Å². The lowest BCUT2D eigenvalue weighted by atomic mass is 10.1. The highest BCUT2D eigenvalue weighted by molar-refractivity contribution is 5.99. The van der Waals surface area contributed by atoms with E-state index in [-0.39, 0.29) is 5.91 Å². The van der Waals surface area contributed by atoms with Gasteiger partial charge in [-0.05, 0) is 43.7 Å². The maximum absolute atomic E-state index is 11.9. The highest BCUT2D eigenvalue weighted by Gasteiger charge is 1.98. The molecule has 0 atom stereocenters. The van der Waals surface area contributed by atoms with Gasteiger partial charge < -0.3 is 10.1 Å². The van der Waals surface area contributed by atoms with Gasteiger partial charge in [-0.1, -0.05) is 47.6 Å². The third-order valence-corrected chi connectivity index (χ3v) is 3.33. The van der Waals surface area contributed by atoms with Crippen molar-refractivity contribution >= 4 is 17.7 Å². The minimum absolute atomic E-state index is 0.160. The summed E-state index contributed by atoms with van der Waals surface area (Å²) in [5.74, 6) is 0.599. The average Bonchev–Trinajstić information content (AvgIpc) is 2.56. The van der Waals surface area contributed by atoms with Crippen LogP contribution in [-0.2, 0) is 4.79 Å². The summed E-state index contributed by atoms with van der Waals surface area (Å²) in [7, 11) is 1.61. The number of methoxy groups -OCH3 is 1. The molecule has 0 fully saturated rings. The van der Waals surface area contributed by atoms with Gasteiger partial charge in [0.15, 0.2) is 0 Å². The van der Waals surface area contributed by atoms with Gasteiger partial charge in [-0.2, -0.15) is 0 Å². The van der Waals surface area contributed by atoms with E-state index in [4.69, 9.17) is 4.74 Å². The van der Waals surface area contributed by atoms with Crippen molar-refractivity contribution in [3.63, 3.8) is 0 Å². The number of rotatable bonds is 5. The van der Waals surface area contributed by atoms with E-state index >= 15 is 0 Å². The molecule has 3 heteroatoms. The van der Waals surface area contributed by atoms with E-state index in [1.54, 1.807) is 25.3 Å². The number of nitrogens with one attached hydrogen (secondary N) is 1. The summed E-state index contributed by atoms with van der Waals surface area (Å²) < 4.78 is 5.08. The lowest BCUT2D eigenvalue weighted by Crippen LogP contribution is -2.07. The SMILES string of the molecule is COc1ccc(NC(=O)/C=C/C(C)=C/c2ccc(C)cc2)cc1. The summed E-state index contributed by atoms with van der Waals surface area (Å²) in [5.41, 5.74) is 4.10. The Labute approximate surface area is 137 Å². The first-order valence-corrected chi connectivity index (χ1v) is 7.45. The molecule has 0 radical (unpaired) electrons. The first-order valence-electron chi connectivity index (χ1n) is 7.45. The number of anilines is 1. The predicted octanol–water partition coefficient (Wildman–Crippen LogP) is 4.60. The topological polar surface area (TPSA) is 38.3 Å². The van der Waals surface area contributed by atoms with E-state index in [2.05, 4.69) is 36.5 Å². The molecule has 0 bridgehead atoms. The van der Waals surface area contributed by atoms with Gasteiger partial charge in [-0.25, -0.2) is 0 Å². The molecule has 1 N–H and O–H groups in total.